The molecule has 0 aliphatic carbocycles. The van der Waals surface area contributed by atoms with Gasteiger partial charge in [-0.3, -0.25) is 4.68 Å². The standard InChI is InChI=1S/C26H22BrF2N5O2/c1-33-24-13-23(27)25(12-19(24)14-30-33)36-16-22-15-34(32-31-22)10-11-35-26(17-2-6-20(28)7-3-17)18-4-8-21(29)9-5-18/h2-9,12-15,26H,10-11,16H2,1H3. The third-order valence-corrected chi connectivity index (χ3v) is 6.33. The zero-order valence-electron chi connectivity index (χ0n) is 19.3. The minimum absolute atomic E-state index is 0.249. The molecule has 0 spiro atoms. The summed E-state index contributed by atoms with van der Waals surface area (Å²) in [6.45, 7) is 1.00. The molecule has 0 saturated heterocycles. The topological polar surface area (TPSA) is 67.0 Å². The van der Waals surface area contributed by atoms with Crippen LogP contribution in [0.1, 0.15) is 22.9 Å². The van der Waals surface area contributed by atoms with Gasteiger partial charge in [-0.05, 0) is 63.5 Å². The normalized spacial score (nSPS) is 11.5. The highest BCUT2D eigenvalue weighted by atomic mass is 79.9. The van der Waals surface area contributed by atoms with Gasteiger partial charge in [-0.25, -0.2) is 13.5 Å². The van der Waals surface area contributed by atoms with Gasteiger partial charge in [-0.15, -0.1) is 5.10 Å². The van der Waals surface area contributed by atoms with Gasteiger partial charge in [-0.1, -0.05) is 29.5 Å². The summed E-state index contributed by atoms with van der Waals surface area (Å²) in [4.78, 5) is 0. The first-order valence-electron chi connectivity index (χ1n) is 11.2. The van der Waals surface area contributed by atoms with Crippen molar-refractivity contribution in [2.45, 2.75) is 19.3 Å². The average molecular weight is 554 g/mol. The van der Waals surface area contributed by atoms with Gasteiger partial charge in [0.25, 0.3) is 0 Å². The molecule has 7 nitrogen and oxygen atoms in total. The van der Waals surface area contributed by atoms with Crippen LogP contribution in [-0.2, 0) is 24.9 Å². The second-order valence-corrected chi connectivity index (χ2v) is 9.08. The molecule has 5 rings (SSSR count). The zero-order valence-corrected chi connectivity index (χ0v) is 20.9. The van der Waals surface area contributed by atoms with E-state index < -0.39 is 6.10 Å². The summed E-state index contributed by atoms with van der Waals surface area (Å²) in [6.07, 6.45) is 3.11. The minimum Gasteiger partial charge on any atom is -0.486 e. The quantitative estimate of drug-likeness (QED) is 0.238. The second-order valence-electron chi connectivity index (χ2n) is 8.23. The molecule has 0 aliphatic heterocycles. The van der Waals surface area contributed by atoms with Crippen molar-refractivity contribution in [2.24, 2.45) is 7.05 Å². The summed E-state index contributed by atoms with van der Waals surface area (Å²) in [5, 5.41) is 13.6. The van der Waals surface area contributed by atoms with E-state index in [1.807, 2.05) is 19.2 Å². The lowest BCUT2D eigenvalue weighted by Crippen LogP contribution is -2.12. The highest BCUT2D eigenvalue weighted by Crippen LogP contribution is 2.31. The molecule has 0 fully saturated rings. The molecule has 184 valence electrons. The van der Waals surface area contributed by atoms with Gasteiger partial charge >= 0.3 is 0 Å². The van der Waals surface area contributed by atoms with Crippen molar-refractivity contribution < 1.29 is 18.3 Å². The predicted molar refractivity (Wildman–Crippen MR) is 133 cm³/mol. The Balaban J connectivity index is 1.21. The Morgan fingerprint density at radius 1 is 0.972 bits per heavy atom. The molecular formula is C26H22BrF2N5O2. The Labute approximate surface area is 214 Å². The number of nitrogens with zero attached hydrogens (tertiary/aromatic N) is 5. The molecule has 0 aliphatic rings. The van der Waals surface area contributed by atoms with E-state index in [4.69, 9.17) is 9.47 Å². The number of fused-ring (bicyclic) bond motifs is 1. The number of ether oxygens (including phenoxy) is 2. The zero-order chi connectivity index (χ0) is 25.1. The third-order valence-electron chi connectivity index (χ3n) is 5.71. The van der Waals surface area contributed by atoms with Crippen LogP contribution in [0.25, 0.3) is 10.9 Å². The lowest BCUT2D eigenvalue weighted by molar-refractivity contribution is 0.0716. The molecule has 3 aromatic carbocycles. The molecular weight excluding hydrogens is 532 g/mol. The molecule has 36 heavy (non-hydrogen) atoms. The summed E-state index contributed by atoms with van der Waals surface area (Å²) in [5.74, 6) is 0.0255. The van der Waals surface area contributed by atoms with E-state index in [0.717, 1.165) is 26.5 Å². The van der Waals surface area contributed by atoms with Crippen molar-refractivity contribution >= 4 is 26.8 Å². The fourth-order valence-electron chi connectivity index (χ4n) is 3.85. The Hall–Kier alpha value is -3.63. The maximum atomic E-state index is 13.4. The molecule has 0 atom stereocenters. The molecule has 10 heteroatoms. The number of rotatable bonds is 9. The lowest BCUT2D eigenvalue weighted by atomic mass is 10.0. The van der Waals surface area contributed by atoms with Crippen LogP contribution < -0.4 is 4.74 Å². The Morgan fingerprint density at radius 2 is 1.64 bits per heavy atom. The lowest BCUT2D eigenvalue weighted by Gasteiger charge is -2.19. The van der Waals surface area contributed by atoms with Gasteiger partial charge in [-0.2, -0.15) is 5.10 Å². The van der Waals surface area contributed by atoms with Crippen molar-refractivity contribution in [3.8, 4) is 5.75 Å². The third kappa shape index (κ3) is 5.44. The van der Waals surface area contributed by atoms with Gasteiger partial charge in [0, 0.05) is 12.4 Å². The first kappa shape index (κ1) is 24.1. The maximum absolute atomic E-state index is 13.4. The van der Waals surface area contributed by atoms with Gasteiger partial charge in [0.05, 0.1) is 35.5 Å². The van der Waals surface area contributed by atoms with E-state index in [-0.39, 0.29) is 18.2 Å². The minimum atomic E-state index is -0.475. The highest BCUT2D eigenvalue weighted by Gasteiger charge is 2.16. The smallest absolute Gasteiger partial charge is 0.134 e. The summed E-state index contributed by atoms with van der Waals surface area (Å²) >= 11 is 3.54. The first-order valence-corrected chi connectivity index (χ1v) is 12.0. The molecule has 0 saturated carbocycles. The van der Waals surface area contributed by atoms with Crippen molar-refractivity contribution in [2.75, 3.05) is 6.61 Å². The van der Waals surface area contributed by atoms with Gasteiger partial charge < -0.3 is 9.47 Å². The highest BCUT2D eigenvalue weighted by molar-refractivity contribution is 9.10. The van der Waals surface area contributed by atoms with Crippen molar-refractivity contribution in [1.29, 1.82) is 0 Å². The fraction of sp³-hybridized carbons (Fsp3) is 0.192. The van der Waals surface area contributed by atoms with E-state index in [0.29, 0.717) is 24.6 Å². The molecule has 0 radical (unpaired) electrons. The summed E-state index contributed by atoms with van der Waals surface area (Å²) < 4.78 is 43.2. The monoisotopic (exact) mass is 553 g/mol. The molecule has 0 bridgehead atoms. The van der Waals surface area contributed by atoms with Crippen molar-refractivity contribution in [1.82, 2.24) is 24.8 Å². The number of halogens is 3. The molecule has 5 aromatic rings. The van der Waals surface area contributed by atoms with Crippen LogP contribution in [0, 0.1) is 11.6 Å². The maximum Gasteiger partial charge on any atom is 0.134 e. The van der Waals surface area contributed by atoms with Crippen LogP contribution in [0.5, 0.6) is 5.75 Å². The average Bonchev–Trinajstić information content (AvgIpc) is 3.48. The Bertz CT molecular complexity index is 1420. The second kappa shape index (κ2) is 10.5. The van der Waals surface area contributed by atoms with Crippen LogP contribution in [-0.4, -0.2) is 31.4 Å². The summed E-state index contributed by atoms with van der Waals surface area (Å²) in [6, 6.07) is 16.1. The molecule has 2 aromatic heterocycles. The summed E-state index contributed by atoms with van der Waals surface area (Å²) in [5.41, 5.74) is 3.21. The van der Waals surface area contributed by atoms with Gasteiger partial charge in [0.1, 0.15) is 35.8 Å². The molecule has 0 amide bonds. The first-order chi connectivity index (χ1) is 17.5. The fourth-order valence-corrected chi connectivity index (χ4v) is 4.30. The van der Waals surface area contributed by atoms with Crippen LogP contribution in [0.4, 0.5) is 8.78 Å². The van der Waals surface area contributed by atoms with Gasteiger partial charge in [0.2, 0.25) is 0 Å². The SMILES string of the molecule is Cn1ncc2cc(OCc3cn(CCOC(c4ccc(F)cc4)c4ccc(F)cc4)nn3)c(Br)cc21. The van der Waals surface area contributed by atoms with Crippen LogP contribution in [0.2, 0.25) is 0 Å². The van der Waals surface area contributed by atoms with Gasteiger partial charge in [0.15, 0.2) is 0 Å². The Morgan fingerprint density at radius 3 is 2.31 bits per heavy atom. The van der Waals surface area contributed by atoms with E-state index in [2.05, 4.69) is 31.3 Å². The molecule has 2 heterocycles. The number of hydrogen-bond acceptors (Lipinski definition) is 5. The van der Waals surface area contributed by atoms with Crippen LogP contribution in [0.15, 0.2) is 77.5 Å². The van der Waals surface area contributed by atoms with Crippen molar-refractivity contribution in [3.05, 3.63) is 106 Å². The number of aromatic nitrogens is 5. The number of benzene rings is 3. The molecule has 0 unspecified atom stereocenters. The number of aryl methyl sites for hydroxylation is 1. The van der Waals surface area contributed by atoms with Crippen molar-refractivity contribution in [3.63, 3.8) is 0 Å². The van der Waals surface area contributed by atoms with E-state index in [1.54, 1.807) is 46.0 Å². The largest absolute Gasteiger partial charge is 0.486 e. The summed E-state index contributed by atoms with van der Waals surface area (Å²) in [7, 11) is 1.89. The Kier molecular flexibility index (Phi) is 7.06. The van der Waals surface area contributed by atoms with Crippen LogP contribution in [0.3, 0.4) is 0 Å². The molecule has 0 N–H and O–H groups in total. The number of hydrogen-bond donors (Lipinski definition) is 0. The van der Waals surface area contributed by atoms with Crippen LogP contribution >= 0.6 is 15.9 Å². The van der Waals surface area contributed by atoms with E-state index in [1.165, 1.54) is 24.3 Å². The van der Waals surface area contributed by atoms with E-state index in [9.17, 15) is 8.78 Å². The predicted octanol–water partition coefficient (Wildman–Crippen LogP) is 5.59. The van der Waals surface area contributed by atoms with E-state index >= 15 is 0 Å².